The van der Waals surface area contributed by atoms with Gasteiger partial charge >= 0.3 is 0 Å². The van der Waals surface area contributed by atoms with Gasteiger partial charge in [-0.25, -0.2) is 4.98 Å². The summed E-state index contributed by atoms with van der Waals surface area (Å²) in [6, 6.07) is 25.7. The number of hydrogen-bond donors (Lipinski definition) is 1. The fourth-order valence-corrected chi connectivity index (χ4v) is 4.33. The predicted octanol–water partition coefficient (Wildman–Crippen LogP) is 5.84. The number of aromatic nitrogens is 1. The van der Waals surface area contributed by atoms with Crippen molar-refractivity contribution in [2.75, 3.05) is 31.8 Å². The van der Waals surface area contributed by atoms with E-state index in [0.29, 0.717) is 5.13 Å². The number of nitrogens with two attached hydrogens (primary N) is 1. The van der Waals surface area contributed by atoms with Gasteiger partial charge in [0, 0.05) is 31.1 Å². The normalized spacial score (nSPS) is 11.8. The predicted molar refractivity (Wildman–Crippen MR) is 131 cm³/mol. The van der Waals surface area contributed by atoms with E-state index in [9.17, 15) is 0 Å². The van der Waals surface area contributed by atoms with Gasteiger partial charge in [-0.2, -0.15) is 0 Å². The number of methoxy groups -OCH3 is 1. The minimum absolute atomic E-state index is 0.143. The molecule has 0 aliphatic rings. The van der Waals surface area contributed by atoms with E-state index in [-0.39, 0.29) is 5.92 Å². The number of thiazole rings is 1. The van der Waals surface area contributed by atoms with E-state index in [2.05, 4.69) is 90.0 Å². The monoisotopic (exact) mass is 429 g/mol. The Bertz CT molecular complexity index is 1120. The number of hydrogen-bond acceptors (Lipinski definition) is 5. The van der Waals surface area contributed by atoms with Crippen LogP contribution in [0, 0.1) is 0 Å². The van der Waals surface area contributed by atoms with Crippen molar-refractivity contribution in [2.24, 2.45) is 0 Å². The molecule has 1 heterocycles. The van der Waals surface area contributed by atoms with Crippen LogP contribution >= 0.6 is 11.3 Å². The molecule has 0 aliphatic heterocycles. The molecule has 4 rings (SSSR count). The molecular weight excluding hydrogens is 402 g/mol. The largest absolute Gasteiger partial charge is 0.497 e. The first-order chi connectivity index (χ1) is 15.0. The number of anilines is 2. The maximum absolute atomic E-state index is 5.93. The molecule has 2 N–H and O–H groups in total. The lowest BCUT2D eigenvalue weighted by Gasteiger charge is -2.17. The van der Waals surface area contributed by atoms with Crippen LogP contribution in [-0.2, 0) is 6.42 Å². The molecule has 1 aromatic heterocycles. The van der Waals surface area contributed by atoms with E-state index in [1.54, 1.807) is 7.11 Å². The Hall–Kier alpha value is -3.31. The summed E-state index contributed by atoms with van der Waals surface area (Å²) in [6.45, 7) is 0. The van der Waals surface area contributed by atoms with E-state index in [1.807, 2.05) is 12.1 Å². The average molecular weight is 430 g/mol. The van der Waals surface area contributed by atoms with Gasteiger partial charge in [0.1, 0.15) is 5.75 Å². The zero-order chi connectivity index (χ0) is 21.8. The molecule has 31 heavy (non-hydrogen) atoms. The zero-order valence-electron chi connectivity index (χ0n) is 18.1. The molecule has 0 spiro atoms. The van der Waals surface area contributed by atoms with Gasteiger partial charge in [0.25, 0.3) is 0 Å². The van der Waals surface area contributed by atoms with Gasteiger partial charge < -0.3 is 15.4 Å². The molecule has 0 saturated carbocycles. The fourth-order valence-electron chi connectivity index (χ4n) is 3.71. The summed E-state index contributed by atoms with van der Waals surface area (Å²) in [5.41, 5.74) is 13.0. The Balaban J connectivity index is 1.57. The van der Waals surface area contributed by atoms with Crippen LogP contribution in [0.15, 0.2) is 78.2 Å². The first-order valence-corrected chi connectivity index (χ1v) is 11.1. The van der Waals surface area contributed by atoms with E-state index >= 15 is 0 Å². The van der Waals surface area contributed by atoms with Gasteiger partial charge in [-0.15, -0.1) is 11.3 Å². The summed E-state index contributed by atoms with van der Waals surface area (Å²) in [7, 11) is 5.79. The lowest BCUT2D eigenvalue weighted by molar-refractivity contribution is 0.414. The second-order valence-corrected chi connectivity index (χ2v) is 8.67. The Labute approximate surface area is 188 Å². The summed E-state index contributed by atoms with van der Waals surface area (Å²) >= 11 is 1.49. The molecule has 0 unspecified atom stereocenters. The van der Waals surface area contributed by atoms with Crippen LogP contribution in [0.2, 0.25) is 0 Å². The minimum atomic E-state index is 0.143. The summed E-state index contributed by atoms with van der Waals surface area (Å²) < 4.78 is 5.32. The molecule has 0 bridgehead atoms. The van der Waals surface area contributed by atoms with Crippen molar-refractivity contribution in [3.05, 3.63) is 95.0 Å². The highest BCUT2D eigenvalue weighted by Gasteiger charge is 2.18. The summed E-state index contributed by atoms with van der Waals surface area (Å²) in [6.07, 6.45) is 0.856. The third kappa shape index (κ3) is 4.89. The summed E-state index contributed by atoms with van der Waals surface area (Å²) in [4.78, 5) is 6.68. The van der Waals surface area contributed by atoms with Crippen molar-refractivity contribution in [1.29, 1.82) is 0 Å². The van der Waals surface area contributed by atoms with Crippen LogP contribution in [0.3, 0.4) is 0 Å². The highest BCUT2D eigenvalue weighted by molar-refractivity contribution is 7.13. The molecule has 3 aromatic carbocycles. The van der Waals surface area contributed by atoms with Crippen molar-refractivity contribution in [3.8, 4) is 16.9 Å². The molecule has 0 fully saturated rings. The maximum atomic E-state index is 5.93. The number of rotatable bonds is 7. The Kier molecular flexibility index (Phi) is 6.23. The lowest BCUT2D eigenvalue weighted by atomic mass is 9.89. The van der Waals surface area contributed by atoms with E-state index < -0.39 is 0 Å². The molecule has 4 nitrogen and oxygen atoms in total. The van der Waals surface area contributed by atoms with E-state index in [1.165, 1.54) is 39.3 Å². The highest BCUT2D eigenvalue weighted by Crippen LogP contribution is 2.32. The Morgan fingerprint density at radius 2 is 1.52 bits per heavy atom. The van der Waals surface area contributed by atoms with Crippen LogP contribution in [-0.4, -0.2) is 26.2 Å². The van der Waals surface area contributed by atoms with E-state index in [0.717, 1.165) is 17.9 Å². The molecule has 0 saturated heterocycles. The van der Waals surface area contributed by atoms with Crippen LogP contribution in [0.4, 0.5) is 10.8 Å². The second kappa shape index (κ2) is 9.23. The van der Waals surface area contributed by atoms with Crippen molar-refractivity contribution in [3.63, 3.8) is 0 Å². The Morgan fingerprint density at radius 1 is 0.903 bits per heavy atom. The highest BCUT2D eigenvalue weighted by atomic mass is 32.1. The van der Waals surface area contributed by atoms with Crippen molar-refractivity contribution in [1.82, 2.24) is 4.98 Å². The topological polar surface area (TPSA) is 51.4 Å². The molecule has 158 valence electrons. The number of ether oxygens (including phenoxy) is 1. The van der Waals surface area contributed by atoms with Gasteiger partial charge in [0.2, 0.25) is 0 Å². The fraction of sp³-hybridized carbons (Fsp3) is 0.192. The lowest BCUT2D eigenvalue weighted by Crippen LogP contribution is -2.07. The van der Waals surface area contributed by atoms with E-state index in [4.69, 9.17) is 10.5 Å². The van der Waals surface area contributed by atoms with Gasteiger partial charge in [-0.1, -0.05) is 48.5 Å². The third-order valence-corrected chi connectivity index (χ3v) is 6.22. The van der Waals surface area contributed by atoms with Crippen molar-refractivity contribution in [2.45, 2.75) is 12.3 Å². The zero-order valence-corrected chi connectivity index (χ0v) is 18.9. The van der Waals surface area contributed by atoms with Gasteiger partial charge in [-0.05, 0) is 52.9 Å². The molecule has 1 atom stereocenters. The van der Waals surface area contributed by atoms with Crippen LogP contribution in [0.5, 0.6) is 5.75 Å². The quantitative estimate of drug-likeness (QED) is 0.401. The molecular formula is C26H27N3OS. The minimum Gasteiger partial charge on any atom is -0.497 e. The molecule has 4 aromatic rings. The van der Waals surface area contributed by atoms with Crippen LogP contribution < -0.4 is 15.4 Å². The van der Waals surface area contributed by atoms with Crippen molar-refractivity contribution < 1.29 is 4.74 Å². The van der Waals surface area contributed by atoms with Gasteiger partial charge in [0.05, 0.1) is 12.8 Å². The molecule has 0 aliphatic carbocycles. The van der Waals surface area contributed by atoms with Gasteiger partial charge in [-0.3, -0.25) is 0 Å². The van der Waals surface area contributed by atoms with Crippen LogP contribution in [0.1, 0.15) is 22.7 Å². The summed E-state index contributed by atoms with van der Waals surface area (Å²) in [5.74, 6) is 0.995. The Morgan fingerprint density at radius 3 is 2.03 bits per heavy atom. The first-order valence-electron chi connectivity index (χ1n) is 10.2. The number of nitrogen functional groups attached to an aromatic ring is 1. The van der Waals surface area contributed by atoms with Crippen molar-refractivity contribution >= 4 is 22.2 Å². The third-order valence-electron chi connectivity index (χ3n) is 5.53. The first kappa shape index (κ1) is 20.9. The molecule has 5 heteroatoms. The van der Waals surface area contributed by atoms with Crippen LogP contribution in [0.25, 0.3) is 11.1 Å². The van der Waals surface area contributed by atoms with Gasteiger partial charge in [0.15, 0.2) is 5.13 Å². The summed E-state index contributed by atoms with van der Waals surface area (Å²) in [5, 5.41) is 2.66. The molecule has 0 amide bonds. The SMILES string of the molecule is COc1ccc([C@H](Cc2ccc(-c3ccc(N(C)C)cc3)cc2)c2csc(N)n2)cc1. The maximum Gasteiger partial charge on any atom is 0.180 e. The second-order valence-electron chi connectivity index (χ2n) is 7.78. The smallest absolute Gasteiger partial charge is 0.180 e. The standard InChI is InChI=1S/C26H27N3OS/c1-29(2)22-12-8-20(9-13-22)19-6-4-18(5-7-19)16-24(25-17-31-26(27)28-25)21-10-14-23(30-3)15-11-21/h4-15,17,24H,16H2,1-3H3,(H2,27,28)/t24-/m0/s1. The number of benzene rings is 3. The number of nitrogens with zero attached hydrogens (tertiary/aromatic N) is 2. The molecule has 0 radical (unpaired) electrons. The average Bonchev–Trinajstić information content (AvgIpc) is 3.24.